The first kappa shape index (κ1) is 15.2. The Morgan fingerprint density at radius 3 is 2.68 bits per heavy atom. The van der Waals surface area contributed by atoms with E-state index in [0.717, 1.165) is 24.8 Å². The van der Waals surface area contributed by atoms with E-state index < -0.39 is 6.04 Å². The van der Waals surface area contributed by atoms with Gasteiger partial charge in [-0.2, -0.15) is 5.26 Å². The number of benzene rings is 1. The van der Waals surface area contributed by atoms with E-state index in [-0.39, 0.29) is 5.91 Å². The smallest absolute Gasteiger partial charge is 0.237 e. The summed E-state index contributed by atoms with van der Waals surface area (Å²) < 4.78 is 0. The molecule has 0 spiro atoms. The Hall–Kier alpha value is -1.86. The van der Waals surface area contributed by atoms with Crippen LogP contribution < -0.4 is 11.1 Å². The lowest BCUT2D eigenvalue weighted by molar-refractivity contribution is -0.122. The second-order valence-electron chi connectivity index (χ2n) is 4.56. The monoisotopic (exact) mass is 259 g/mol. The topological polar surface area (TPSA) is 78.9 Å². The lowest BCUT2D eigenvalue weighted by atomic mass is 10.1. The largest absolute Gasteiger partial charge is 0.355 e. The van der Waals surface area contributed by atoms with Crippen molar-refractivity contribution in [2.24, 2.45) is 5.73 Å². The molecule has 0 fully saturated rings. The second-order valence-corrected chi connectivity index (χ2v) is 4.56. The molecule has 1 aromatic rings. The molecular weight excluding hydrogens is 238 g/mol. The summed E-state index contributed by atoms with van der Waals surface area (Å²) in [6.07, 6.45) is 3.89. The van der Waals surface area contributed by atoms with Gasteiger partial charge in [0.15, 0.2) is 0 Å². The van der Waals surface area contributed by atoms with Crippen LogP contribution in [0.15, 0.2) is 30.3 Å². The number of amides is 1. The van der Waals surface area contributed by atoms with Crippen LogP contribution in [0.1, 0.15) is 31.2 Å². The number of carbonyl (C=O) groups is 1. The fourth-order valence-corrected chi connectivity index (χ4v) is 1.81. The fourth-order valence-electron chi connectivity index (χ4n) is 1.81. The van der Waals surface area contributed by atoms with Crippen molar-refractivity contribution < 1.29 is 4.79 Å². The zero-order chi connectivity index (χ0) is 13.9. The molecule has 0 saturated heterocycles. The van der Waals surface area contributed by atoms with Crippen LogP contribution in [0.2, 0.25) is 0 Å². The first-order valence-corrected chi connectivity index (χ1v) is 6.68. The molecule has 1 amide bonds. The third-order valence-corrected chi connectivity index (χ3v) is 2.90. The summed E-state index contributed by atoms with van der Waals surface area (Å²) >= 11 is 0. The SMILES string of the molecule is N#CCCCCCNC(=O)C(N)Cc1ccccc1. The fraction of sp³-hybridized carbons (Fsp3) is 0.467. The summed E-state index contributed by atoms with van der Waals surface area (Å²) in [4.78, 5) is 11.7. The van der Waals surface area contributed by atoms with Crippen LogP contribution >= 0.6 is 0 Å². The molecule has 0 saturated carbocycles. The average molecular weight is 259 g/mol. The van der Waals surface area contributed by atoms with E-state index >= 15 is 0 Å². The van der Waals surface area contributed by atoms with Crippen molar-refractivity contribution in [3.05, 3.63) is 35.9 Å². The standard InChI is InChI=1S/C15H21N3O/c16-10-6-1-2-7-11-18-15(19)14(17)12-13-8-4-3-5-9-13/h3-5,8-9,14H,1-2,6-7,11-12,17H2,(H,18,19). The van der Waals surface area contributed by atoms with Crippen LogP contribution in [0.4, 0.5) is 0 Å². The van der Waals surface area contributed by atoms with Crippen molar-refractivity contribution in [2.75, 3.05) is 6.54 Å². The molecule has 0 aliphatic heterocycles. The Morgan fingerprint density at radius 2 is 2.00 bits per heavy atom. The maximum atomic E-state index is 11.7. The van der Waals surface area contributed by atoms with Gasteiger partial charge in [-0.3, -0.25) is 4.79 Å². The molecular formula is C15H21N3O. The number of unbranched alkanes of at least 4 members (excludes halogenated alkanes) is 3. The summed E-state index contributed by atoms with van der Waals surface area (Å²) in [5.41, 5.74) is 6.93. The highest BCUT2D eigenvalue weighted by Gasteiger charge is 2.12. The number of carbonyl (C=O) groups excluding carboxylic acids is 1. The molecule has 0 radical (unpaired) electrons. The van der Waals surface area contributed by atoms with E-state index in [9.17, 15) is 4.79 Å². The predicted molar refractivity (Wildman–Crippen MR) is 75.2 cm³/mol. The third kappa shape index (κ3) is 6.58. The maximum Gasteiger partial charge on any atom is 0.237 e. The Labute approximate surface area is 114 Å². The van der Waals surface area contributed by atoms with Gasteiger partial charge in [-0.1, -0.05) is 36.8 Å². The van der Waals surface area contributed by atoms with Gasteiger partial charge in [0, 0.05) is 13.0 Å². The molecule has 0 aromatic heterocycles. The molecule has 3 N–H and O–H groups in total. The predicted octanol–water partition coefficient (Wildman–Crippen LogP) is 1.76. The van der Waals surface area contributed by atoms with Gasteiger partial charge in [0.1, 0.15) is 0 Å². The van der Waals surface area contributed by atoms with Crippen molar-refractivity contribution in [3.63, 3.8) is 0 Å². The third-order valence-electron chi connectivity index (χ3n) is 2.90. The van der Waals surface area contributed by atoms with Crippen molar-refractivity contribution in [1.29, 1.82) is 5.26 Å². The van der Waals surface area contributed by atoms with Crippen molar-refractivity contribution >= 4 is 5.91 Å². The minimum Gasteiger partial charge on any atom is -0.355 e. The molecule has 19 heavy (non-hydrogen) atoms. The summed E-state index contributed by atoms with van der Waals surface area (Å²) in [6.45, 7) is 0.632. The summed E-state index contributed by atoms with van der Waals surface area (Å²) in [5.74, 6) is -0.107. The van der Waals surface area contributed by atoms with E-state index in [1.807, 2.05) is 30.3 Å². The number of rotatable bonds is 8. The van der Waals surface area contributed by atoms with Crippen molar-refractivity contribution in [1.82, 2.24) is 5.32 Å². The Morgan fingerprint density at radius 1 is 1.26 bits per heavy atom. The van der Waals surface area contributed by atoms with Crippen LogP contribution in [-0.2, 0) is 11.2 Å². The summed E-state index contributed by atoms with van der Waals surface area (Å²) in [5, 5.41) is 11.2. The second kappa shape index (κ2) is 9.12. The normalized spacial score (nSPS) is 11.6. The van der Waals surface area contributed by atoms with Gasteiger partial charge in [0.05, 0.1) is 12.1 Å². The molecule has 0 heterocycles. The molecule has 0 aliphatic carbocycles. The van der Waals surface area contributed by atoms with E-state index in [1.165, 1.54) is 0 Å². The molecule has 1 atom stereocenters. The summed E-state index contributed by atoms with van der Waals surface area (Å²) in [7, 11) is 0. The van der Waals surface area contributed by atoms with Crippen LogP contribution in [0.3, 0.4) is 0 Å². The average Bonchev–Trinajstić information content (AvgIpc) is 2.43. The number of nitriles is 1. The number of hydrogen-bond donors (Lipinski definition) is 2. The Kier molecular flexibility index (Phi) is 7.30. The molecule has 1 unspecified atom stereocenters. The highest BCUT2D eigenvalue weighted by Crippen LogP contribution is 2.02. The number of hydrogen-bond acceptors (Lipinski definition) is 3. The molecule has 1 aromatic carbocycles. The zero-order valence-corrected chi connectivity index (χ0v) is 11.1. The van der Waals surface area contributed by atoms with Gasteiger partial charge in [-0.25, -0.2) is 0 Å². The van der Waals surface area contributed by atoms with Crippen molar-refractivity contribution in [2.45, 2.75) is 38.1 Å². The molecule has 102 valence electrons. The number of nitrogens with one attached hydrogen (secondary N) is 1. The van der Waals surface area contributed by atoms with Gasteiger partial charge in [0.2, 0.25) is 5.91 Å². The molecule has 0 bridgehead atoms. The Balaban J connectivity index is 2.17. The number of nitrogens with two attached hydrogens (primary N) is 1. The van der Waals surface area contributed by atoms with Crippen LogP contribution in [0.25, 0.3) is 0 Å². The van der Waals surface area contributed by atoms with Gasteiger partial charge in [-0.05, 0) is 24.8 Å². The van der Waals surface area contributed by atoms with Crippen molar-refractivity contribution in [3.8, 4) is 6.07 Å². The molecule has 4 nitrogen and oxygen atoms in total. The van der Waals surface area contributed by atoms with E-state index in [4.69, 9.17) is 11.0 Å². The lowest BCUT2D eigenvalue weighted by Gasteiger charge is -2.12. The lowest BCUT2D eigenvalue weighted by Crippen LogP contribution is -2.42. The minimum absolute atomic E-state index is 0.107. The first-order chi connectivity index (χ1) is 9.24. The Bertz CT molecular complexity index is 411. The van der Waals surface area contributed by atoms with Crippen LogP contribution in [0, 0.1) is 11.3 Å². The number of nitrogens with zero attached hydrogens (tertiary/aromatic N) is 1. The van der Waals surface area contributed by atoms with Gasteiger partial charge in [-0.15, -0.1) is 0 Å². The van der Waals surface area contributed by atoms with Crippen LogP contribution in [-0.4, -0.2) is 18.5 Å². The quantitative estimate of drug-likeness (QED) is 0.698. The minimum atomic E-state index is -0.499. The summed E-state index contributed by atoms with van der Waals surface area (Å²) in [6, 6.07) is 11.4. The van der Waals surface area contributed by atoms with Gasteiger partial charge in [0.25, 0.3) is 0 Å². The highest BCUT2D eigenvalue weighted by atomic mass is 16.2. The van der Waals surface area contributed by atoms with E-state index in [2.05, 4.69) is 11.4 Å². The van der Waals surface area contributed by atoms with E-state index in [0.29, 0.717) is 19.4 Å². The van der Waals surface area contributed by atoms with Gasteiger partial charge >= 0.3 is 0 Å². The molecule has 0 aliphatic rings. The highest BCUT2D eigenvalue weighted by molar-refractivity contribution is 5.81. The molecule has 1 rings (SSSR count). The maximum absolute atomic E-state index is 11.7. The van der Waals surface area contributed by atoms with Gasteiger partial charge < -0.3 is 11.1 Å². The van der Waals surface area contributed by atoms with E-state index in [1.54, 1.807) is 0 Å². The van der Waals surface area contributed by atoms with Crippen LogP contribution in [0.5, 0.6) is 0 Å². The first-order valence-electron chi connectivity index (χ1n) is 6.68. The molecule has 4 heteroatoms. The zero-order valence-electron chi connectivity index (χ0n) is 11.1.